The van der Waals surface area contributed by atoms with Crippen molar-refractivity contribution >= 4 is 10.0 Å². The van der Waals surface area contributed by atoms with E-state index < -0.39 is 16.1 Å². The first kappa shape index (κ1) is 14.6. The van der Waals surface area contributed by atoms with E-state index in [4.69, 9.17) is 5.11 Å². The van der Waals surface area contributed by atoms with E-state index in [2.05, 4.69) is 9.71 Å². The molecule has 0 saturated heterocycles. The van der Waals surface area contributed by atoms with Crippen LogP contribution in [0, 0.1) is 0 Å². The minimum atomic E-state index is -3.58. The summed E-state index contributed by atoms with van der Waals surface area (Å²) >= 11 is 0. The van der Waals surface area contributed by atoms with E-state index in [1.807, 2.05) is 12.1 Å². The number of hydrogen-bond acceptors (Lipinski definition) is 4. The summed E-state index contributed by atoms with van der Waals surface area (Å²) in [5.74, 6) is 0. The number of hydrogen-bond donors (Lipinski definition) is 2. The maximum absolute atomic E-state index is 12.0. The minimum absolute atomic E-state index is 0.00552. The van der Waals surface area contributed by atoms with Crippen molar-refractivity contribution in [3.05, 3.63) is 48.8 Å². The predicted molar refractivity (Wildman–Crippen MR) is 76.5 cm³/mol. The molecule has 0 radical (unpaired) electrons. The average molecular weight is 292 g/mol. The Labute approximate surface area is 118 Å². The van der Waals surface area contributed by atoms with Gasteiger partial charge in [-0.1, -0.05) is 12.1 Å². The quantitative estimate of drug-likeness (QED) is 0.873. The monoisotopic (exact) mass is 292 g/mol. The molecule has 1 aromatic heterocycles. The fourth-order valence-electron chi connectivity index (χ4n) is 1.68. The molecule has 0 bridgehead atoms. The highest BCUT2D eigenvalue weighted by Gasteiger charge is 2.14. The van der Waals surface area contributed by atoms with Crippen LogP contribution in [-0.2, 0) is 10.0 Å². The lowest BCUT2D eigenvalue weighted by Gasteiger charge is -2.09. The van der Waals surface area contributed by atoms with E-state index in [9.17, 15) is 8.42 Å². The first-order valence-electron chi connectivity index (χ1n) is 6.17. The highest BCUT2D eigenvalue weighted by atomic mass is 32.2. The molecule has 0 spiro atoms. The molecule has 1 unspecified atom stereocenters. The highest BCUT2D eigenvalue weighted by molar-refractivity contribution is 7.89. The molecule has 2 rings (SSSR count). The largest absolute Gasteiger partial charge is 0.392 e. The van der Waals surface area contributed by atoms with Gasteiger partial charge < -0.3 is 5.11 Å². The van der Waals surface area contributed by atoms with Crippen LogP contribution in [0.15, 0.2) is 53.7 Å². The number of aromatic nitrogens is 1. The maximum atomic E-state index is 12.0. The SMILES string of the molecule is CC(O)CNS(=O)(=O)c1ccc(-c2ccncc2)cc1. The van der Waals surface area contributed by atoms with Gasteiger partial charge in [0.25, 0.3) is 0 Å². The van der Waals surface area contributed by atoms with Crippen LogP contribution in [0.25, 0.3) is 11.1 Å². The number of aliphatic hydroxyl groups is 1. The molecule has 0 aliphatic rings. The number of pyridine rings is 1. The molecular weight excluding hydrogens is 276 g/mol. The van der Waals surface area contributed by atoms with E-state index in [-0.39, 0.29) is 11.4 Å². The summed E-state index contributed by atoms with van der Waals surface area (Å²) in [7, 11) is -3.58. The number of nitrogens with zero attached hydrogens (tertiary/aromatic N) is 1. The van der Waals surface area contributed by atoms with Crippen molar-refractivity contribution in [2.45, 2.75) is 17.9 Å². The minimum Gasteiger partial charge on any atom is -0.392 e. The molecule has 5 nitrogen and oxygen atoms in total. The Kier molecular flexibility index (Phi) is 4.49. The summed E-state index contributed by atoms with van der Waals surface area (Å²) in [6, 6.07) is 10.3. The van der Waals surface area contributed by atoms with Gasteiger partial charge in [-0.25, -0.2) is 13.1 Å². The zero-order valence-electron chi connectivity index (χ0n) is 11.0. The van der Waals surface area contributed by atoms with Crippen LogP contribution < -0.4 is 4.72 Å². The van der Waals surface area contributed by atoms with Crippen LogP contribution >= 0.6 is 0 Å². The van der Waals surface area contributed by atoms with Crippen LogP contribution in [0.4, 0.5) is 0 Å². The van der Waals surface area contributed by atoms with E-state index >= 15 is 0 Å². The van der Waals surface area contributed by atoms with Gasteiger partial charge in [0.05, 0.1) is 11.0 Å². The van der Waals surface area contributed by atoms with E-state index in [1.165, 1.54) is 6.92 Å². The molecule has 1 aromatic carbocycles. The summed E-state index contributed by atoms with van der Waals surface area (Å²) in [5.41, 5.74) is 1.89. The zero-order valence-corrected chi connectivity index (χ0v) is 11.8. The maximum Gasteiger partial charge on any atom is 0.240 e. The molecule has 2 aromatic rings. The number of sulfonamides is 1. The van der Waals surface area contributed by atoms with Gasteiger partial charge in [0.2, 0.25) is 10.0 Å². The second-order valence-corrected chi connectivity index (χ2v) is 6.23. The summed E-state index contributed by atoms with van der Waals surface area (Å²) in [4.78, 5) is 4.12. The second kappa shape index (κ2) is 6.13. The van der Waals surface area contributed by atoms with Crippen LogP contribution in [0.1, 0.15) is 6.92 Å². The van der Waals surface area contributed by atoms with E-state index in [0.717, 1.165) is 11.1 Å². The van der Waals surface area contributed by atoms with Crippen molar-refractivity contribution in [3.8, 4) is 11.1 Å². The van der Waals surface area contributed by atoms with Gasteiger partial charge in [0.15, 0.2) is 0 Å². The summed E-state index contributed by atoms with van der Waals surface area (Å²) < 4.78 is 26.3. The van der Waals surface area contributed by atoms with Crippen LogP contribution in [0.2, 0.25) is 0 Å². The fraction of sp³-hybridized carbons (Fsp3) is 0.214. The first-order valence-corrected chi connectivity index (χ1v) is 7.65. The lowest BCUT2D eigenvalue weighted by Crippen LogP contribution is -2.30. The Hall–Kier alpha value is -1.76. The normalized spacial score (nSPS) is 13.1. The molecule has 1 atom stereocenters. The Morgan fingerprint density at radius 1 is 1.10 bits per heavy atom. The summed E-state index contributed by atoms with van der Waals surface area (Å²) in [5, 5.41) is 9.12. The van der Waals surface area contributed by atoms with Crippen LogP contribution in [-0.4, -0.2) is 31.2 Å². The molecule has 6 heteroatoms. The summed E-state index contributed by atoms with van der Waals surface area (Å²) in [6.45, 7) is 1.52. The molecule has 0 fully saturated rings. The first-order chi connectivity index (χ1) is 9.49. The lowest BCUT2D eigenvalue weighted by molar-refractivity contribution is 0.198. The van der Waals surface area contributed by atoms with Crippen LogP contribution in [0.5, 0.6) is 0 Å². The second-order valence-electron chi connectivity index (χ2n) is 4.46. The molecule has 0 saturated carbocycles. The van der Waals surface area contributed by atoms with Crippen molar-refractivity contribution in [1.29, 1.82) is 0 Å². The van der Waals surface area contributed by atoms with Crippen molar-refractivity contribution in [2.75, 3.05) is 6.54 Å². The molecule has 0 aliphatic heterocycles. The molecule has 1 heterocycles. The Morgan fingerprint density at radius 3 is 2.20 bits per heavy atom. The van der Waals surface area contributed by atoms with Gasteiger partial charge in [-0.15, -0.1) is 0 Å². The Bertz CT molecular complexity index is 653. The van der Waals surface area contributed by atoms with Crippen LogP contribution in [0.3, 0.4) is 0 Å². The molecule has 0 aliphatic carbocycles. The predicted octanol–water partition coefficient (Wildman–Crippen LogP) is 1.41. The van der Waals surface area contributed by atoms with Crippen molar-refractivity contribution < 1.29 is 13.5 Å². The molecule has 2 N–H and O–H groups in total. The van der Waals surface area contributed by atoms with E-state index in [0.29, 0.717) is 0 Å². The number of rotatable bonds is 5. The topological polar surface area (TPSA) is 79.3 Å². The third-order valence-corrected chi connectivity index (χ3v) is 4.19. The number of benzene rings is 1. The van der Waals surface area contributed by atoms with Gasteiger partial charge in [-0.2, -0.15) is 0 Å². The average Bonchev–Trinajstić information content (AvgIpc) is 2.46. The smallest absolute Gasteiger partial charge is 0.240 e. The fourth-order valence-corrected chi connectivity index (χ4v) is 2.81. The van der Waals surface area contributed by atoms with Crippen molar-refractivity contribution in [3.63, 3.8) is 0 Å². The van der Waals surface area contributed by atoms with Gasteiger partial charge in [-0.3, -0.25) is 4.98 Å². The van der Waals surface area contributed by atoms with E-state index in [1.54, 1.807) is 36.7 Å². The number of nitrogens with one attached hydrogen (secondary N) is 1. The Morgan fingerprint density at radius 2 is 1.65 bits per heavy atom. The number of aliphatic hydroxyl groups excluding tert-OH is 1. The summed E-state index contributed by atoms with van der Waals surface area (Å²) in [6.07, 6.45) is 2.65. The highest BCUT2D eigenvalue weighted by Crippen LogP contribution is 2.20. The third-order valence-electron chi connectivity index (χ3n) is 2.75. The molecule has 0 amide bonds. The lowest BCUT2D eigenvalue weighted by atomic mass is 10.1. The third kappa shape index (κ3) is 3.63. The zero-order chi connectivity index (χ0) is 14.6. The molecule has 106 valence electrons. The van der Waals surface area contributed by atoms with Gasteiger partial charge in [-0.05, 0) is 42.3 Å². The van der Waals surface area contributed by atoms with Gasteiger partial charge in [0, 0.05) is 18.9 Å². The van der Waals surface area contributed by atoms with Gasteiger partial charge >= 0.3 is 0 Å². The standard InChI is InChI=1S/C14H16N2O3S/c1-11(17)10-16-20(18,19)14-4-2-12(3-5-14)13-6-8-15-9-7-13/h2-9,11,16-17H,10H2,1H3. The molecule has 20 heavy (non-hydrogen) atoms. The Balaban J connectivity index is 2.20. The van der Waals surface area contributed by atoms with Crippen molar-refractivity contribution in [2.24, 2.45) is 0 Å². The molecular formula is C14H16N2O3S. The van der Waals surface area contributed by atoms with Crippen molar-refractivity contribution in [1.82, 2.24) is 9.71 Å². The van der Waals surface area contributed by atoms with Gasteiger partial charge in [0.1, 0.15) is 0 Å².